The van der Waals surface area contributed by atoms with Gasteiger partial charge in [0.15, 0.2) is 0 Å². The maximum Gasteiger partial charge on any atom is 0.208 e. The van der Waals surface area contributed by atoms with Crippen LogP contribution in [0.3, 0.4) is 0 Å². The maximum atomic E-state index is 5.51. The summed E-state index contributed by atoms with van der Waals surface area (Å²) in [5, 5.41) is 0. The lowest BCUT2D eigenvalue weighted by molar-refractivity contribution is 0.300. The second kappa shape index (κ2) is 7.51. The van der Waals surface area contributed by atoms with Crippen LogP contribution in [-0.2, 0) is 0 Å². The first-order valence-corrected chi connectivity index (χ1v) is 5.80. The first-order chi connectivity index (χ1) is 7.02. The minimum Gasteiger partial charge on any atom is -0.339 e. The first-order valence-electron chi connectivity index (χ1n) is 5.80. The van der Waals surface area contributed by atoms with Crippen LogP contribution < -0.4 is 11.3 Å². The van der Waals surface area contributed by atoms with E-state index >= 15 is 0 Å². The van der Waals surface area contributed by atoms with Crippen molar-refractivity contribution in [3.8, 4) is 0 Å². The van der Waals surface area contributed by atoms with Gasteiger partial charge in [-0.15, -0.1) is 0 Å². The zero-order chi connectivity index (χ0) is 11.8. The number of nitrogens with two attached hydrogens (primary N) is 1. The number of nitrogens with zero attached hydrogens (tertiary/aromatic N) is 2. The highest BCUT2D eigenvalue weighted by molar-refractivity contribution is 5.79. The van der Waals surface area contributed by atoms with E-state index in [1.54, 1.807) is 0 Å². The van der Waals surface area contributed by atoms with Crippen molar-refractivity contribution >= 4 is 5.96 Å². The van der Waals surface area contributed by atoms with E-state index in [1.807, 2.05) is 0 Å². The van der Waals surface area contributed by atoms with Gasteiger partial charge in [0.25, 0.3) is 0 Å². The first kappa shape index (κ1) is 14.2. The minimum atomic E-state index is 0.416. The third-order valence-corrected chi connectivity index (χ3v) is 2.07. The van der Waals surface area contributed by atoms with Crippen molar-refractivity contribution in [3.05, 3.63) is 0 Å². The summed E-state index contributed by atoms with van der Waals surface area (Å²) in [6.45, 7) is 12.6. The van der Waals surface area contributed by atoms with Crippen molar-refractivity contribution in [1.82, 2.24) is 10.3 Å². The zero-order valence-corrected chi connectivity index (χ0v) is 10.7. The lowest BCUT2D eigenvalue weighted by Crippen LogP contribution is -2.49. The lowest BCUT2D eigenvalue weighted by atomic mass is 10.2. The van der Waals surface area contributed by atoms with Crippen molar-refractivity contribution in [1.29, 1.82) is 0 Å². The number of hydrazine groups is 1. The molecule has 0 rings (SSSR count). The van der Waals surface area contributed by atoms with Crippen LogP contribution >= 0.6 is 0 Å². The molecule has 0 heterocycles. The molecular formula is C11H26N4. The van der Waals surface area contributed by atoms with Crippen LogP contribution in [0.5, 0.6) is 0 Å². The van der Waals surface area contributed by atoms with Crippen molar-refractivity contribution in [2.24, 2.45) is 16.8 Å². The highest BCUT2D eigenvalue weighted by Crippen LogP contribution is 2.04. The second-order valence-electron chi connectivity index (χ2n) is 4.49. The number of hydrogen-bond donors (Lipinski definition) is 2. The minimum absolute atomic E-state index is 0.416. The molecule has 0 aromatic rings. The maximum absolute atomic E-state index is 5.51. The van der Waals surface area contributed by atoms with Gasteiger partial charge in [0.05, 0.1) is 0 Å². The van der Waals surface area contributed by atoms with Gasteiger partial charge in [0.1, 0.15) is 0 Å². The third kappa shape index (κ3) is 5.62. The predicted octanol–water partition coefficient (Wildman–Crippen LogP) is 1.58. The molecule has 0 aliphatic heterocycles. The molecule has 0 aliphatic carbocycles. The summed E-state index contributed by atoms with van der Waals surface area (Å²) in [5.74, 6) is 6.92. The van der Waals surface area contributed by atoms with E-state index in [2.05, 4.69) is 49.9 Å². The number of rotatable bonds is 5. The molecule has 0 spiro atoms. The second-order valence-corrected chi connectivity index (χ2v) is 4.49. The van der Waals surface area contributed by atoms with E-state index in [0.717, 1.165) is 25.5 Å². The quantitative estimate of drug-likeness (QED) is 0.316. The van der Waals surface area contributed by atoms with Gasteiger partial charge in [0, 0.05) is 19.1 Å². The van der Waals surface area contributed by atoms with Gasteiger partial charge in [-0.05, 0) is 26.2 Å². The molecule has 3 N–H and O–H groups in total. The Morgan fingerprint density at radius 2 is 1.93 bits per heavy atom. The van der Waals surface area contributed by atoms with Gasteiger partial charge in [0.2, 0.25) is 5.96 Å². The fourth-order valence-corrected chi connectivity index (χ4v) is 1.37. The smallest absolute Gasteiger partial charge is 0.208 e. The fraction of sp³-hybridized carbons (Fsp3) is 0.909. The van der Waals surface area contributed by atoms with Crippen LogP contribution in [0, 0.1) is 5.92 Å². The number of guanidine groups is 1. The molecule has 0 saturated carbocycles. The number of aliphatic imine (C=N–C) groups is 1. The van der Waals surface area contributed by atoms with Gasteiger partial charge >= 0.3 is 0 Å². The molecule has 0 fully saturated rings. The Hall–Kier alpha value is -0.770. The Labute approximate surface area is 93.9 Å². The molecule has 0 aromatic carbocycles. The van der Waals surface area contributed by atoms with Gasteiger partial charge < -0.3 is 4.90 Å². The Bertz CT molecular complexity index is 187. The van der Waals surface area contributed by atoms with Crippen LogP contribution in [0.25, 0.3) is 0 Å². The summed E-state index contributed by atoms with van der Waals surface area (Å²) in [5.41, 5.74) is 2.70. The molecule has 0 aromatic heterocycles. The van der Waals surface area contributed by atoms with Crippen LogP contribution in [-0.4, -0.2) is 30.0 Å². The highest BCUT2D eigenvalue weighted by Gasteiger charge is 2.14. The highest BCUT2D eigenvalue weighted by atomic mass is 15.4. The molecule has 0 saturated heterocycles. The molecule has 4 heteroatoms. The van der Waals surface area contributed by atoms with E-state index in [9.17, 15) is 0 Å². The number of hydrogen-bond acceptors (Lipinski definition) is 2. The fourth-order valence-electron chi connectivity index (χ4n) is 1.37. The molecule has 4 nitrogen and oxygen atoms in total. The molecule has 15 heavy (non-hydrogen) atoms. The Morgan fingerprint density at radius 1 is 1.33 bits per heavy atom. The average Bonchev–Trinajstić information content (AvgIpc) is 2.16. The van der Waals surface area contributed by atoms with Crippen LogP contribution in [0.15, 0.2) is 4.99 Å². The Balaban J connectivity index is 4.54. The molecule has 0 amide bonds. The largest absolute Gasteiger partial charge is 0.339 e. The van der Waals surface area contributed by atoms with Crippen molar-refractivity contribution in [2.45, 2.75) is 47.1 Å². The topological polar surface area (TPSA) is 53.6 Å². The molecule has 0 bridgehead atoms. The normalized spacial score (nSPS) is 12.4. The van der Waals surface area contributed by atoms with E-state index in [0.29, 0.717) is 12.0 Å². The van der Waals surface area contributed by atoms with E-state index < -0.39 is 0 Å². The molecular weight excluding hydrogens is 188 g/mol. The van der Waals surface area contributed by atoms with E-state index in [-0.39, 0.29) is 0 Å². The monoisotopic (exact) mass is 214 g/mol. The zero-order valence-electron chi connectivity index (χ0n) is 10.7. The summed E-state index contributed by atoms with van der Waals surface area (Å²) >= 11 is 0. The molecule has 0 unspecified atom stereocenters. The summed E-state index contributed by atoms with van der Waals surface area (Å²) in [6.07, 6.45) is 1.04. The van der Waals surface area contributed by atoms with Crippen molar-refractivity contribution < 1.29 is 0 Å². The molecule has 0 aliphatic rings. The number of nitrogens with one attached hydrogen (secondary N) is 1. The van der Waals surface area contributed by atoms with E-state index in [1.165, 1.54) is 0 Å². The van der Waals surface area contributed by atoms with Crippen molar-refractivity contribution in [2.75, 3.05) is 13.1 Å². The van der Waals surface area contributed by atoms with Gasteiger partial charge in [-0.25, -0.2) is 5.84 Å². The lowest BCUT2D eigenvalue weighted by Gasteiger charge is -2.31. The molecule has 0 atom stereocenters. The van der Waals surface area contributed by atoms with Crippen LogP contribution in [0.1, 0.15) is 41.0 Å². The van der Waals surface area contributed by atoms with E-state index in [4.69, 9.17) is 5.84 Å². The summed E-state index contributed by atoms with van der Waals surface area (Å²) < 4.78 is 0. The van der Waals surface area contributed by atoms with Crippen molar-refractivity contribution in [3.63, 3.8) is 0 Å². The summed E-state index contributed by atoms with van der Waals surface area (Å²) in [7, 11) is 0. The van der Waals surface area contributed by atoms with Gasteiger partial charge in [-0.2, -0.15) is 0 Å². The Morgan fingerprint density at radius 3 is 2.27 bits per heavy atom. The summed E-state index contributed by atoms with van der Waals surface area (Å²) in [4.78, 5) is 6.65. The average molecular weight is 214 g/mol. The summed E-state index contributed by atoms with van der Waals surface area (Å²) in [6, 6.07) is 0.416. The molecule has 90 valence electrons. The standard InChI is InChI=1S/C11H26N4/c1-6-7-13-11(14-12)15(10(4)5)8-9(2)3/h9-10H,6-8,12H2,1-5H3,(H,13,14). The predicted molar refractivity (Wildman–Crippen MR) is 66.6 cm³/mol. The SMILES string of the molecule is CCCN=C(NN)N(CC(C)C)C(C)C. The molecule has 0 radical (unpaired) electrons. The third-order valence-electron chi connectivity index (χ3n) is 2.07. The van der Waals surface area contributed by atoms with Gasteiger partial charge in [-0.1, -0.05) is 20.8 Å². The Kier molecular flexibility index (Phi) is 7.13. The van der Waals surface area contributed by atoms with Crippen LogP contribution in [0.2, 0.25) is 0 Å². The van der Waals surface area contributed by atoms with Crippen LogP contribution in [0.4, 0.5) is 0 Å². The van der Waals surface area contributed by atoms with Gasteiger partial charge in [-0.3, -0.25) is 10.4 Å².